The Morgan fingerprint density at radius 3 is 2.33 bits per heavy atom. The van der Waals surface area contributed by atoms with Crippen LogP contribution in [0.1, 0.15) is 32.1 Å². The van der Waals surface area contributed by atoms with Crippen molar-refractivity contribution < 1.29 is 12.8 Å². The molecule has 5 heteroatoms. The summed E-state index contributed by atoms with van der Waals surface area (Å²) in [6.45, 7) is 0. The van der Waals surface area contributed by atoms with Gasteiger partial charge in [0, 0.05) is 6.04 Å². The van der Waals surface area contributed by atoms with Crippen LogP contribution in [0, 0.1) is 5.82 Å². The van der Waals surface area contributed by atoms with Crippen LogP contribution >= 0.6 is 0 Å². The van der Waals surface area contributed by atoms with E-state index < -0.39 is 20.9 Å². The zero-order chi connectivity index (χ0) is 13.2. The van der Waals surface area contributed by atoms with Gasteiger partial charge in [-0.3, -0.25) is 0 Å². The molecule has 1 aromatic rings. The maximum atomic E-state index is 12.8. The molecule has 1 fully saturated rings. The molecule has 18 heavy (non-hydrogen) atoms. The largest absolute Gasteiger partial charge is 0.327 e. The first-order valence-electron chi connectivity index (χ1n) is 6.27. The van der Waals surface area contributed by atoms with Crippen LogP contribution in [0.2, 0.25) is 0 Å². The van der Waals surface area contributed by atoms with E-state index in [0.717, 1.165) is 25.7 Å². The van der Waals surface area contributed by atoms with Gasteiger partial charge in [-0.15, -0.1) is 0 Å². The second-order valence-electron chi connectivity index (χ2n) is 4.84. The number of hydrogen-bond acceptors (Lipinski definition) is 3. The SMILES string of the molecule is NC1CCCCCC1S(=O)(=O)c1ccc(F)cc1. The van der Waals surface area contributed by atoms with E-state index in [1.54, 1.807) is 0 Å². The smallest absolute Gasteiger partial charge is 0.182 e. The summed E-state index contributed by atoms with van der Waals surface area (Å²) in [5.74, 6) is -0.431. The second kappa shape index (κ2) is 5.36. The average molecular weight is 271 g/mol. The fourth-order valence-corrected chi connectivity index (χ4v) is 4.42. The van der Waals surface area contributed by atoms with Crippen molar-refractivity contribution in [1.29, 1.82) is 0 Å². The van der Waals surface area contributed by atoms with Crippen LogP contribution in [0.25, 0.3) is 0 Å². The van der Waals surface area contributed by atoms with Crippen molar-refractivity contribution in [1.82, 2.24) is 0 Å². The minimum Gasteiger partial charge on any atom is -0.327 e. The zero-order valence-corrected chi connectivity index (χ0v) is 11.0. The Balaban J connectivity index is 2.31. The summed E-state index contributed by atoms with van der Waals surface area (Å²) in [4.78, 5) is 0.172. The van der Waals surface area contributed by atoms with Crippen LogP contribution in [0.15, 0.2) is 29.2 Å². The Morgan fingerprint density at radius 2 is 1.67 bits per heavy atom. The minimum absolute atomic E-state index is 0.172. The van der Waals surface area contributed by atoms with Gasteiger partial charge in [0.05, 0.1) is 10.1 Å². The molecule has 1 aliphatic rings. The fourth-order valence-electron chi connectivity index (χ4n) is 2.49. The summed E-state index contributed by atoms with van der Waals surface area (Å²) in [6.07, 6.45) is 4.24. The van der Waals surface area contributed by atoms with Crippen molar-refractivity contribution in [3.05, 3.63) is 30.1 Å². The van der Waals surface area contributed by atoms with Crippen molar-refractivity contribution in [2.75, 3.05) is 0 Å². The van der Waals surface area contributed by atoms with E-state index in [9.17, 15) is 12.8 Å². The van der Waals surface area contributed by atoms with E-state index in [4.69, 9.17) is 5.73 Å². The van der Waals surface area contributed by atoms with Crippen molar-refractivity contribution in [2.24, 2.45) is 5.73 Å². The summed E-state index contributed by atoms with van der Waals surface area (Å²) in [5, 5.41) is -0.537. The minimum atomic E-state index is -3.44. The predicted molar refractivity (Wildman–Crippen MR) is 68.4 cm³/mol. The van der Waals surface area contributed by atoms with Crippen LogP contribution in [-0.2, 0) is 9.84 Å². The topological polar surface area (TPSA) is 60.2 Å². The Morgan fingerprint density at radius 1 is 1.06 bits per heavy atom. The Kier molecular flexibility index (Phi) is 4.02. The van der Waals surface area contributed by atoms with Crippen molar-refractivity contribution in [3.8, 4) is 0 Å². The lowest BCUT2D eigenvalue weighted by Crippen LogP contribution is -2.39. The van der Waals surface area contributed by atoms with Gasteiger partial charge in [0.15, 0.2) is 9.84 Å². The molecule has 0 aliphatic heterocycles. The van der Waals surface area contributed by atoms with Crippen LogP contribution < -0.4 is 5.73 Å². The molecule has 0 saturated heterocycles. The third-order valence-corrected chi connectivity index (χ3v) is 5.86. The lowest BCUT2D eigenvalue weighted by atomic mass is 10.1. The predicted octanol–water partition coefficient (Wildman–Crippen LogP) is 2.26. The lowest BCUT2D eigenvalue weighted by molar-refractivity contribution is 0.531. The molecule has 0 amide bonds. The molecule has 2 unspecified atom stereocenters. The van der Waals surface area contributed by atoms with Crippen molar-refractivity contribution in [3.63, 3.8) is 0 Å². The first kappa shape index (κ1) is 13.5. The van der Waals surface area contributed by atoms with E-state index in [1.165, 1.54) is 24.3 Å². The molecule has 1 saturated carbocycles. The number of nitrogens with two attached hydrogens (primary N) is 1. The van der Waals surface area contributed by atoms with E-state index in [-0.39, 0.29) is 10.9 Å². The third-order valence-electron chi connectivity index (χ3n) is 3.54. The van der Waals surface area contributed by atoms with E-state index >= 15 is 0 Å². The quantitative estimate of drug-likeness (QED) is 0.663. The molecule has 0 aromatic heterocycles. The Hall–Kier alpha value is -0.940. The molecule has 2 atom stereocenters. The molecule has 0 spiro atoms. The molecule has 100 valence electrons. The van der Waals surface area contributed by atoms with Gasteiger partial charge in [0.1, 0.15) is 5.82 Å². The van der Waals surface area contributed by atoms with Crippen LogP contribution in [0.5, 0.6) is 0 Å². The maximum absolute atomic E-state index is 12.8. The molecule has 2 rings (SSSR count). The van der Waals surface area contributed by atoms with Crippen LogP contribution in [-0.4, -0.2) is 19.7 Å². The standard InChI is InChI=1S/C13H18FNO2S/c14-10-6-8-11(9-7-10)18(16,17)13-5-3-1-2-4-12(13)15/h6-9,12-13H,1-5,15H2. The van der Waals surface area contributed by atoms with Gasteiger partial charge in [-0.25, -0.2) is 12.8 Å². The summed E-state index contributed by atoms with van der Waals surface area (Å²) in [7, 11) is -3.44. The average Bonchev–Trinajstić information content (AvgIpc) is 2.55. The van der Waals surface area contributed by atoms with Gasteiger partial charge >= 0.3 is 0 Å². The molecular formula is C13H18FNO2S. The molecule has 1 aliphatic carbocycles. The molecule has 0 heterocycles. The highest BCUT2D eigenvalue weighted by Crippen LogP contribution is 2.27. The van der Waals surface area contributed by atoms with Gasteiger partial charge in [0.25, 0.3) is 0 Å². The maximum Gasteiger partial charge on any atom is 0.182 e. The second-order valence-corrected chi connectivity index (χ2v) is 7.01. The van der Waals surface area contributed by atoms with E-state index in [0.29, 0.717) is 6.42 Å². The summed E-state index contributed by atoms with van der Waals surface area (Å²) >= 11 is 0. The molecule has 0 bridgehead atoms. The van der Waals surface area contributed by atoms with Gasteiger partial charge in [-0.2, -0.15) is 0 Å². The Bertz CT molecular complexity index is 498. The highest BCUT2D eigenvalue weighted by molar-refractivity contribution is 7.92. The van der Waals surface area contributed by atoms with Crippen LogP contribution in [0.3, 0.4) is 0 Å². The molecule has 1 aromatic carbocycles. The first-order valence-corrected chi connectivity index (χ1v) is 7.81. The fraction of sp³-hybridized carbons (Fsp3) is 0.538. The van der Waals surface area contributed by atoms with Gasteiger partial charge in [-0.1, -0.05) is 19.3 Å². The van der Waals surface area contributed by atoms with Crippen molar-refractivity contribution in [2.45, 2.75) is 48.3 Å². The molecule has 3 nitrogen and oxygen atoms in total. The number of hydrogen-bond donors (Lipinski definition) is 1. The first-order chi connectivity index (χ1) is 8.51. The van der Waals surface area contributed by atoms with Gasteiger partial charge in [-0.05, 0) is 37.1 Å². The van der Waals surface area contributed by atoms with Gasteiger partial charge < -0.3 is 5.73 Å². The van der Waals surface area contributed by atoms with Gasteiger partial charge in [0.2, 0.25) is 0 Å². The highest BCUT2D eigenvalue weighted by atomic mass is 32.2. The molecule has 2 N–H and O–H groups in total. The summed E-state index contributed by atoms with van der Waals surface area (Å²) in [5.41, 5.74) is 5.98. The molecule has 0 radical (unpaired) electrons. The van der Waals surface area contributed by atoms with E-state index in [1.807, 2.05) is 0 Å². The zero-order valence-electron chi connectivity index (χ0n) is 10.2. The normalized spacial score (nSPS) is 25.7. The number of halogens is 1. The number of sulfone groups is 1. The monoisotopic (exact) mass is 271 g/mol. The van der Waals surface area contributed by atoms with E-state index in [2.05, 4.69) is 0 Å². The number of benzene rings is 1. The third kappa shape index (κ3) is 2.72. The molecular weight excluding hydrogens is 253 g/mol. The summed E-state index contributed by atoms with van der Waals surface area (Å²) in [6, 6.07) is 4.68. The van der Waals surface area contributed by atoms with Crippen molar-refractivity contribution >= 4 is 9.84 Å². The number of rotatable bonds is 2. The van der Waals surface area contributed by atoms with Crippen LogP contribution in [0.4, 0.5) is 4.39 Å². The lowest BCUT2D eigenvalue weighted by Gasteiger charge is -2.21. The summed E-state index contributed by atoms with van der Waals surface area (Å²) < 4.78 is 37.8. The Labute approximate surface area is 107 Å². The highest BCUT2D eigenvalue weighted by Gasteiger charge is 2.33.